The molecule has 5 aromatic rings. The molecule has 5 rings (SSSR count). The predicted octanol–water partition coefficient (Wildman–Crippen LogP) is 1.56. The van der Waals surface area contributed by atoms with Gasteiger partial charge in [-0.2, -0.15) is 5.21 Å². The van der Waals surface area contributed by atoms with E-state index in [0.717, 1.165) is 16.6 Å². The van der Waals surface area contributed by atoms with Gasteiger partial charge < -0.3 is 9.47 Å². The molecule has 0 saturated carbocycles. The molecule has 144 valence electrons. The first-order chi connectivity index (χ1) is 14.2. The molecule has 0 fully saturated rings. The average Bonchev–Trinajstić information content (AvgIpc) is 3.45. The lowest BCUT2D eigenvalue weighted by molar-refractivity contribution is 0.276. The third-order valence-corrected chi connectivity index (χ3v) is 5.35. The van der Waals surface area contributed by atoms with Gasteiger partial charge in [-0.25, -0.2) is 9.38 Å². The lowest BCUT2D eigenvalue weighted by Crippen LogP contribution is -2.22. The lowest BCUT2D eigenvalue weighted by atomic mass is 10.2. The van der Waals surface area contributed by atoms with Crippen molar-refractivity contribution in [3.05, 3.63) is 68.7 Å². The molecule has 0 radical (unpaired) electrons. The fourth-order valence-electron chi connectivity index (χ4n) is 3.04. The van der Waals surface area contributed by atoms with E-state index in [-0.39, 0.29) is 12.2 Å². The predicted molar refractivity (Wildman–Crippen MR) is 107 cm³/mol. The van der Waals surface area contributed by atoms with Crippen molar-refractivity contribution in [2.24, 2.45) is 0 Å². The van der Waals surface area contributed by atoms with Crippen LogP contribution in [0.25, 0.3) is 22.1 Å². The van der Waals surface area contributed by atoms with Gasteiger partial charge in [-0.1, -0.05) is 34.7 Å². The van der Waals surface area contributed by atoms with E-state index < -0.39 is 0 Å². The summed E-state index contributed by atoms with van der Waals surface area (Å²) in [6, 6.07) is 13.0. The van der Waals surface area contributed by atoms with Gasteiger partial charge in [0.15, 0.2) is 23.1 Å². The molecular formula is C19H14N6O3S. The van der Waals surface area contributed by atoms with Crippen molar-refractivity contribution in [2.45, 2.75) is 6.61 Å². The normalized spacial score (nSPS) is 12.1. The second-order valence-corrected chi connectivity index (χ2v) is 7.17. The molecule has 3 aromatic heterocycles. The number of para-hydroxylation sites is 2. The number of benzene rings is 2. The van der Waals surface area contributed by atoms with E-state index in [1.54, 1.807) is 17.6 Å². The second-order valence-electron chi connectivity index (χ2n) is 6.16. The number of fused-ring (bicyclic) bond motifs is 3. The highest BCUT2D eigenvalue weighted by molar-refractivity contribution is 7.15. The van der Waals surface area contributed by atoms with Crippen LogP contribution < -0.4 is 19.6 Å². The van der Waals surface area contributed by atoms with Crippen LogP contribution in [0.2, 0.25) is 0 Å². The van der Waals surface area contributed by atoms with Crippen LogP contribution in [0.4, 0.5) is 0 Å². The van der Waals surface area contributed by atoms with Crippen LogP contribution >= 0.6 is 11.3 Å². The number of methoxy groups -OCH3 is 1. The molecule has 0 amide bonds. The minimum Gasteiger partial charge on any atom is -0.493 e. The van der Waals surface area contributed by atoms with Crippen molar-refractivity contribution < 1.29 is 9.47 Å². The average molecular weight is 406 g/mol. The van der Waals surface area contributed by atoms with Crippen LogP contribution in [0.3, 0.4) is 0 Å². The summed E-state index contributed by atoms with van der Waals surface area (Å²) in [7, 11) is 1.56. The van der Waals surface area contributed by atoms with Crippen molar-refractivity contribution in [2.75, 3.05) is 7.11 Å². The summed E-state index contributed by atoms with van der Waals surface area (Å²) in [5, 5.41) is 13.6. The van der Waals surface area contributed by atoms with Crippen LogP contribution in [0.15, 0.2) is 47.3 Å². The lowest BCUT2D eigenvalue weighted by Gasteiger charge is -2.09. The number of nitrogens with one attached hydrogen (secondary N) is 1. The Hall–Kier alpha value is -3.79. The van der Waals surface area contributed by atoms with Crippen molar-refractivity contribution >= 4 is 33.4 Å². The molecule has 0 aliphatic heterocycles. The van der Waals surface area contributed by atoms with Crippen LogP contribution in [-0.4, -0.2) is 37.1 Å². The molecule has 0 bridgehead atoms. The van der Waals surface area contributed by atoms with Gasteiger partial charge in [0.05, 0.1) is 22.7 Å². The number of tetrazole rings is 1. The smallest absolute Gasteiger partial charge is 0.274 e. The van der Waals surface area contributed by atoms with Gasteiger partial charge in [0.25, 0.3) is 5.56 Å². The highest BCUT2D eigenvalue weighted by atomic mass is 32.1. The molecule has 29 heavy (non-hydrogen) atoms. The Balaban J connectivity index is 1.51. The third kappa shape index (κ3) is 3.09. The van der Waals surface area contributed by atoms with Gasteiger partial charge in [-0.15, -0.1) is 10.2 Å². The van der Waals surface area contributed by atoms with Gasteiger partial charge in [-0.3, -0.25) is 4.79 Å². The van der Waals surface area contributed by atoms with Crippen molar-refractivity contribution in [3.8, 4) is 11.5 Å². The first-order valence-corrected chi connectivity index (χ1v) is 9.49. The Bertz CT molecular complexity index is 1420. The first-order valence-electron chi connectivity index (χ1n) is 8.68. The Morgan fingerprint density at radius 2 is 2.10 bits per heavy atom. The summed E-state index contributed by atoms with van der Waals surface area (Å²) in [5.41, 5.74) is 2.35. The van der Waals surface area contributed by atoms with E-state index in [1.807, 2.05) is 42.5 Å². The van der Waals surface area contributed by atoms with E-state index >= 15 is 0 Å². The maximum Gasteiger partial charge on any atom is 0.274 e. The fourth-order valence-corrected chi connectivity index (χ4v) is 4.03. The molecule has 0 aliphatic rings. The summed E-state index contributed by atoms with van der Waals surface area (Å²) >= 11 is 1.36. The van der Waals surface area contributed by atoms with E-state index in [4.69, 9.17) is 9.47 Å². The zero-order valence-corrected chi connectivity index (χ0v) is 16.0. The molecule has 0 unspecified atom stereocenters. The van der Waals surface area contributed by atoms with E-state index in [2.05, 4.69) is 25.6 Å². The summed E-state index contributed by atoms with van der Waals surface area (Å²) in [6.45, 7) is 0.163. The SMILES string of the molecule is COc1cc(C=c2sc3nc4ccccc4n3c2=O)ccc1OCc1nn[nH]n1. The topological polar surface area (TPSA) is 107 Å². The number of aromatic nitrogens is 6. The molecule has 0 spiro atoms. The van der Waals surface area contributed by atoms with Crippen molar-refractivity contribution in [3.63, 3.8) is 0 Å². The molecule has 3 heterocycles. The minimum atomic E-state index is -0.0879. The van der Waals surface area contributed by atoms with E-state index in [9.17, 15) is 4.79 Å². The minimum absolute atomic E-state index is 0.0879. The van der Waals surface area contributed by atoms with Crippen LogP contribution in [0, 0.1) is 0 Å². The van der Waals surface area contributed by atoms with Gasteiger partial charge in [0.2, 0.25) is 5.82 Å². The van der Waals surface area contributed by atoms with Crippen LogP contribution in [-0.2, 0) is 6.61 Å². The number of rotatable bonds is 5. The summed E-state index contributed by atoms with van der Waals surface area (Å²) < 4.78 is 13.4. The maximum atomic E-state index is 12.9. The highest BCUT2D eigenvalue weighted by Gasteiger charge is 2.11. The van der Waals surface area contributed by atoms with E-state index in [1.165, 1.54) is 11.3 Å². The quantitative estimate of drug-likeness (QED) is 0.472. The molecular weight excluding hydrogens is 392 g/mol. The Morgan fingerprint density at radius 3 is 2.93 bits per heavy atom. The molecule has 9 nitrogen and oxygen atoms in total. The van der Waals surface area contributed by atoms with E-state index in [0.29, 0.717) is 26.8 Å². The van der Waals surface area contributed by atoms with Crippen LogP contribution in [0.5, 0.6) is 11.5 Å². The monoisotopic (exact) mass is 406 g/mol. The third-order valence-electron chi connectivity index (χ3n) is 4.38. The first kappa shape index (κ1) is 17.3. The summed E-state index contributed by atoms with van der Waals surface area (Å²) in [4.78, 5) is 18.1. The number of aromatic amines is 1. The fraction of sp³-hybridized carbons (Fsp3) is 0.105. The Morgan fingerprint density at radius 1 is 1.21 bits per heavy atom. The summed E-state index contributed by atoms with van der Waals surface area (Å²) in [6.07, 6.45) is 1.82. The van der Waals surface area contributed by atoms with Gasteiger partial charge in [0, 0.05) is 0 Å². The number of ether oxygens (including phenoxy) is 2. The standard InChI is InChI=1S/C19H14N6O3S/c1-27-15-8-11(6-7-14(15)28-10-17-21-23-24-22-17)9-16-18(26)25-13-5-3-2-4-12(13)20-19(25)29-16/h2-9H,10H2,1H3,(H,21,22,23,24). The molecule has 1 N–H and O–H groups in total. The zero-order valence-electron chi connectivity index (χ0n) is 15.2. The second kappa shape index (κ2) is 6.99. The van der Waals surface area contributed by atoms with Gasteiger partial charge in [0.1, 0.15) is 0 Å². The molecule has 0 atom stereocenters. The Kier molecular flexibility index (Phi) is 4.17. The van der Waals surface area contributed by atoms with Crippen molar-refractivity contribution in [1.82, 2.24) is 30.0 Å². The zero-order chi connectivity index (χ0) is 19.8. The molecule has 0 saturated heterocycles. The number of imidazole rings is 1. The number of nitrogens with zero attached hydrogens (tertiary/aromatic N) is 5. The van der Waals surface area contributed by atoms with Crippen LogP contribution in [0.1, 0.15) is 11.4 Å². The number of H-pyrrole nitrogens is 1. The molecule has 2 aromatic carbocycles. The summed E-state index contributed by atoms with van der Waals surface area (Å²) in [5.74, 6) is 1.53. The highest BCUT2D eigenvalue weighted by Crippen LogP contribution is 2.29. The Labute approximate surface area is 167 Å². The van der Waals surface area contributed by atoms with Gasteiger partial charge >= 0.3 is 0 Å². The molecule has 0 aliphatic carbocycles. The number of hydrogen-bond acceptors (Lipinski definition) is 8. The largest absolute Gasteiger partial charge is 0.493 e. The number of hydrogen-bond donors (Lipinski definition) is 1. The van der Waals surface area contributed by atoms with Gasteiger partial charge in [-0.05, 0) is 35.9 Å². The maximum absolute atomic E-state index is 12.9. The molecule has 10 heteroatoms. The van der Waals surface area contributed by atoms with Crippen molar-refractivity contribution in [1.29, 1.82) is 0 Å². The number of thiazole rings is 1.